The molecule has 7 nitrogen and oxygen atoms in total. The van der Waals surface area contributed by atoms with Crippen molar-refractivity contribution < 1.29 is 0 Å². The highest BCUT2D eigenvalue weighted by atomic mass is 15.2. The zero-order chi connectivity index (χ0) is 16.5. The molecule has 0 aliphatic rings. The lowest BCUT2D eigenvalue weighted by Gasteiger charge is -2.08. The third-order valence-corrected chi connectivity index (χ3v) is 3.68. The molecule has 0 aliphatic heterocycles. The van der Waals surface area contributed by atoms with Gasteiger partial charge >= 0.3 is 0 Å². The molecule has 0 spiro atoms. The molecule has 4 N–H and O–H groups in total. The number of aromatic nitrogens is 5. The van der Waals surface area contributed by atoms with Gasteiger partial charge < -0.3 is 11.1 Å². The highest BCUT2D eigenvalue weighted by molar-refractivity contribution is 5.87. The summed E-state index contributed by atoms with van der Waals surface area (Å²) >= 11 is 0. The van der Waals surface area contributed by atoms with Gasteiger partial charge in [-0.15, -0.1) is 0 Å². The van der Waals surface area contributed by atoms with Crippen LogP contribution in [-0.2, 0) is 0 Å². The van der Waals surface area contributed by atoms with Gasteiger partial charge in [0.25, 0.3) is 0 Å². The van der Waals surface area contributed by atoms with Crippen LogP contribution in [0.25, 0.3) is 22.0 Å². The summed E-state index contributed by atoms with van der Waals surface area (Å²) in [5.41, 5.74) is 8.61. The summed E-state index contributed by atoms with van der Waals surface area (Å²) < 4.78 is 0. The van der Waals surface area contributed by atoms with Crippen LogP contribution < -0.4 is 11.1 Å². The Kier molecular flexibility index (Phi) is 3.31. The minimum atomic E-state index is 0.357. The lowest BCUT2D eigenvalue weighted by molar-refractivity contribution is 1.05. The molecule has 0 saturated carbocycles. The van der Waals surface area contributed by atoms with E-state index < -0.39 is 0 Å². The van der Waals surface area contributed by atoms with E-state index in [9.17, 15) is 0 Å². The van der Waals surface area contributed by atoms with Gasteiger partial charge in [-0.1, -0.05) is 12.1 Å². The molecule has 0 unspecified atom stereocenters. The number of benzene rings is 1. The number of hydrogen-bond acceptors (Lipinski definition) is 6. The fourth-order valence-corrected chi connectivity index (χ4v) is 2.53. The van der Waals surface area contributed by atoms with E-state index in [4.69, 9.17) is 5.73 Å². The Morgan fingerprint density at radius 3 is 2.75 bits per heavy atom. The van der Waals surface area contributed by atoms with Crippen molar-refractivity contribution in [3.63, 3.8) is 0 Å². The molecule has 118 valence electrons. The molecule has 0 bridgehead atoms. The number of nitrogens with two attached hydrogens (primary N) is 1. The van der Waals surface area contributed by atoms with Crippen molar-refractivity contribution in [2.75, 3.05) is 11.1 Å². The molecule has 24 heavy (non-hydrogen) atoms. The van der Waals surface area contributed by atoms with Gasteiger partial charge in [-0.25, -0.2) is 9.97 Å². The Morgan fingerprint density at radius 2 is 1.96 bits per heavy atom. The van der Waals surface area contributed by atoms with Crippen LogP contribution in [0, 0.1) is 6.92 Å². The van der Waals surface area contributed by atoms with Gasteiger partial charge in [-0.05, 0) is 24.4 Å². The minimum absolute atomic E-state index is 0.357. The fourth-order valence-electron chi connectivity index (χ4n) is 2.53. The molecule has 0 saturated heterocycles. The quantitative estimate of drug-likeness (QED) is 0.536. The second-order valence-corrected chi connectivity index (χ2v) is 5.49. The Labute approximate surface area is 138 Å². The van der Waals surface area contributed by atoms with E-state index in [1.807, 2.05) is 43.5 Å². The maximum absolute atomic E-state index is 6.10. The normalized spacial score (nSPS) is 10.9. The van der Waals surface area contributed by atoms with Gasteiger partial charge in [-0.2, -0.15) is 5.10 Å². The Morgan fingerprint density at radius 1 is 1.04 bits per heavy atom. The zero-order valence-electron chi connectivity index (χ0n) is 13.0. The number of pyridine rings is 1. The van der Waals surface area contributed by atoms with Crippen molar-refractivity contribution in [2.45, 2.75) is 6.92 Å². The standard InChI is InChI=1S/C17H15N7/c1-10-6-14(24-23-10)21-15-9-20-16(17(18)22-15)12-3-2-11-4-5-19-8-13(11)7-12/h2-9H,1H3,(H4,18,21,22,23,24). The number of H-pyrrole nitrogens is 1. The zero-order valence-corrected chi connectivity index (χ0v) is 13.0. The van der Waals surface area contributed by atoms with Gasteiger partial charge in [0.05, 0.1) is 6.20 Å². The van der Waals surface area contributed by atoms with E-state index >= 15 is 0 Å². The Bertz CT molecular complexity index is 1020. The maximum atomic E-state index is 6.10. The highest BCUT2D eigenvalue weighted by Crippen LogP contribution is 2.27. The second kappa shape index (κ2) is 5.62. The van der Waals surface area contributed by atoms with Gasteiger partial charge in [-0.3, -0.25) is 10.1 Å². The van der Waals surface area contributed by atoms with E-state index in [1.54, 1.807) is 12.4 Å². The lowest BCUT2D eigenvalue weighted by Crippen LogP contribution is -2.02. The van der Waals surface area contributed by atoms with E-state index in [0.717, 1.165) is 22.0 Å². The van der Waals surface area contributed by atoms with Crippen LogP contribution in [0.4, 0.5) is 17.5 Å². The van der Waals surface area contributed by atoms with Crippen molar-refractivity contribution in [3.8, 4) is 11.3 Å². The molecule has 0 fully saturated rings. The van der Waals surface area contributed by atoms with Crippen molar-refractivity contribution in [1.29, 1.82) is 0 Å². The molecular formula is C17H15N7. The van der Waals surface area contributed by atoms with E-state index in [-0.39, 0.29) is 0 Å². The van der Waals surface area contributed by atoms with Crippen LogP contribution in [0.1, 0.15) is 5.69 Å². The van der Waals surface area contributed by atoms with Crippen molar-refractivity contribution in [1.82, 2.24) is 25.1 Å². The maximum Gasteiger partial charge on any atom is 0.153 e. The van der Waals surface area contributed by atoms with E-state index in [0.29, 0.717) is 23.1 Å². The summed E-state index contributed by atoms with van der Waals surface area (Å²) in [6.07, 6.45) is 5.23. The third kappa shape index (κ3) is 2.63. The van der Waals surface area contributed by atoms with E-state index in [1.165, 1.54) is 0 Å². The summed E-state index contributed by atoms with van der Waals surface area (Å²) in [5, 5.41) is 12.2. The largest absolute Gasteiger partial charge is 0.382 e. The van der Waals surface area contributed by atoms with Crippen LogP contribution in [0.2, 0.25) is 0 Å². The number of anilines is 3. The lowest BCUT2D eigenvalue weighted by atomic mass is 10.1. The van der Waals surface area contributed by atoms with Gasteiger partial charge in [0.15, 0.2) is 17.5 Å². The predicted octanol–water partition coefficient (Wildman–Crippen LogP) is 3.05. The number of nitrogens with zero attached hydrogens (tertiary/aromatic N) is 4. The third-order valence-electron chi connectivity index (χ3n) is 3.68. The number of fused-ring (bicyclic) bond motifs is 1. The average Bonchev–Trinajstić information content (AvgIpc) is 2.99. The first-order valence-electron chi connectivity index (χ1n) is 7.45. The second-order valence-electron chi connectivity index (χ2n) is 5.49. The number of rotatable bonds is 3. The smallest absolute Gasteiger partial charge is 0.153 e. The first-order chi connectivity index (χ1) is 11.7. The summed E-state index contributed by atoms with van der Waals surface area (Å²) in [6, 6.07) is 9.85. The summed E-state index contributed by atoms with van der Waals surface area (Å²) in [5.74, 6) is 1.58. The Balaban J connectivity index is 1.67. The number of nitrogen functional groups attached to an aromatic ring is 1. The molecule has 4 rings (SSSR count). The van der Waals surface area contributed by atoms with Crippen LogP contribution in [0.3, 0.4) is 0 Å². The van der Waals surface area contributed by atoms with Crippen LogP contribution in [-0.4, -0.2) is 25.1 Å². The molecule has 3 heterocycles. The molecule has 1 aromatic carbocycles. The van der Waals surface area contributed by atoms with Crippen molar-refractivity contribution in [3.05, 3.63) is 54.6 Å². The van der Waals surface area contributed by atoms with Gasteiger partial charge in [0.1, 0.15) is 5.69 Å². The first-order valence-corrected chi connectivity index (χ1v) is 7.45. The summed E-state index contributed by atoms with van der Waals surface area (Å²) in [7, 11) is 0. The molecule has 3 aromatic heterocycles. The summed E-state index contributed by atoms with van der Waals surface area (Å²) in [6.45, 7) is 1.93. The molecule has 0 aliphatic carbocycles. The van der Waals surface area contributed by atoms with Crippen LogP contribution >= 0.6 is 0 Å². The fraction of sp³-hybridized carbons (Fsp3) is 0.0588. The average molecular weight is 317 g/mol. The Hall–Kier alpha value is -3.48. The minimum Gasteiger partial charge on any atom is -0.382 e. The number of hydrogen-bond donors (Lipinski definition) is 3. The molecule has 0 radical (unpaired) electrons. The van der Waals surface area contributed by atoms with Gasteiger partial charge in [0.2, 0.25) is 0 Å². The highest BCUT2D eigenvalue weighted by Gasteiger charge is 2.09. The topological polar surface area (TPSA) is 105 Å². The molecule has 7 heteroatoms. The summed E-state index contributed by atoms with van der Waals surface area (Å²) in [4.78, 5) is 13.0. The molecule has 0 amide bonds. The number of aromatic amines is 1. The molecule has 4 aromatic rings. The molecular weight excluding hydrogens is 302 g/mol. The van der Waals surface area contributed by atoms with Crippen LogP contribution in [0.5, 0.6) is 0 Å². The SMILES string of the molecule is Cc1cc(Nc2cnc(-c3ccc4ccncc4c3)c(N)n2)n[nH]1. The first kappa shape index (κ1) is 14.1. The number of nitrogens with one attached hydrogen (secondary N) is 2. The predicted molar refractivity (Wildman–Crippen MR) is 93.8 cm³/mol. The monoisotopic (exact) mass is 317 g/mol. The molecule has 0 atom stereocenters. The van der Waals surface area contributed by atoms with E-state index in [2.05, 4.69) is 30.5 Å². The van der Waals surface area contributed by atoms with Crippen LogP contribution in [0.15, 0.2) is 48.9 Å². The van der Waals surface area contributed by atoms with Gasteiger partial charge in [0, 0.05) is 35.1 Å². The van der Waals surface area contributed by atoms with Crippen molar-refractivity contribution in [2.24, 2.45) is 0 Å². The van der Waals surface area contributed by atoms with Crippen molar-refractivity contribution >= 4 is 28.2 Å². The number of aryl methyl sites for hydroxylation is 1.